The van der Waals surface area contributed by atoms with Crippen LogP contribution in [0, 0.1) is 17.0 Å². The summed E-state index contributed by atoms with van der Waals surface area (Å²) in [6, 6.07) is 7.41. The predicted molar refractivity (Wildman–Crippen MR) is 92.8 cm³/mol. The molecule has 0 amide bonds. The van der Waals surface area contributed by atoms with Crippen molar-refractivity contribution < 1.29 is 14.4 Å². The van der Waals surface area contributed by atoms with Crippen molar-refractivity contribution in [1.29, 1.82) is 0 Å². The number of benzene rings is 1. The summed E-state index contributed by atoms with van der Waals surface area (Å²) < 4.78 is 4.90. The van der Waals surface area contributed by atoms with Crippen molar-refractivity contribution in [3.63, 3.8) is 0 Å². The minimum Gasteiger partial charge on any atom is -0.507 e. The molecule has 25 heavy (non-hydrogen) atoms. The molecular formula is C16H11N3O5S. The van der Waals surface area contributed by atoms with E-state index >= 15 is 0 Å². The molecule has 0 aliphatic carbocycles. The Kier molecular flexibility index (Phi) is 4.40. The quantitative estimate of drug-likeness (QED) is 0.434. The summed E-state index contributed by atoms with van der Waals surface area (Å²) in [6.45, 7) is 1.55. The lowest BCUT2D eigenvalue weighted by molar-refractivity contribution is -0.384. The Labute approximate surface area is 144 Å². The predicted octanol–water partition coefficient (Wildman–Crippen LogP) is 3.44. The number of non-ortho nitro benzene ring substituents is 1. The van der Waals surface area contributed by atoms with Crippen LogP contribution in [-0.2, 0) is 0 Å². The molecule has 0 saturated heterocycles. The third-order valence-electron chi connectivity index (χ3n) is 3.24. The van der Waals surface area contributed by atoms with E-state index in [9.17, 15) is 20.0 Å². The molecule has 0 aliphatic heterocycles. The third-order valence-corrected chi connectivity index (χ3v) is 3.99. The lowest BCUT2D eigenvalue weighted by Crippen LogP contribution is -2.07. The van der Waals surface area contributed by atoms with Crippen LogP contribution in [0.1, 0.15) is 11.3 Å². The number of hydrogen-bond donors (Lipinski definition) is 1. The standard InChI is InChI=1S/C16H11N3O5S/c1-9-5-14(20)12(15(21)24-9)7-17-16-18-13(8-25-16)10-3-2-4-11(6-10)19(22)23/h2-8,20H,1H3. The molecule has 1 N–H and O–H groups in total. The monoisotopic (exact) mass is 357 g/mol. The molecule has 9 heteroatoms. The van der Waals surface area contributed by atoms with Crippen molar-refractivity contribution in [2.24, 2.45) is 4.99 Å². The van der Waals surface area contributed by atoms with E-state index in [4.69, 9.17) is 4.42 Å². The molecule has 0 unspecified atom stereocenters. The fourth-order valence-electron chi connectivity index (χ4n) is 2.08. The van der Waals surface area contributed by atoms with Crippen molar-refractivity contribution in [1.82, 2.24) is 4.98 Å². The number of nitrogens with zero attached hydrogens (tertiary/aromatic N) is 3. The second kappa shape index (κ2) is 6.65. The highest BCUT2D eigenvalue weighted by molar-refractivity contribution is 7.13. The summed E-state index contributed by atoms with van der Waals surface area (Å²) in [7, 11) is 0. The highest BCUT2D eigenvalue weighted by atomic mass is 32.1. The van der Waals surface area contributed by atoms with Gasteiger partial charge in [0.2, 0.25) is 5.13 Å². The van der Waals surface area contributed by atoms with Crippen LogP contribution in [0.25, 0.3) is 11.3 Å². The van der Waals surface area contributed by atoms with Gasteiger partial charge in [-0.25, -0.2) is 14.8 Å². The molecule has 0 spiro atoms. The van der Waals surface area contributed by atoms with Crippen LogP contribution in [0.3, 0.4) is 0 Å². The largest absolute Gasteiger partial charge is 0.507 e. The minimum atomic E-state index is -0.697. The summed E-state index contributed by atoms with van der Waals surface area (Å²) in [6.07, 6.45) is 1.18. The highest BCUT2D eigenvalue weighted by Gasteiger charge is 2.11. The Morgan fingerprint density at radius 3 is 2.92 bits per heavy atom. The molecule has 0 bridgehead atoms. The molecule has 2 heterocycles. The molecule has 8 nitrogen and oxygen atoms in total. The van der Waals surface area contributed by atoms with Gasteiger partial charge < -0.3 is 9.52 Å². The molecule has 0 aliphatic rings. The maximum Gasteiger partial charge on any atom is 0.348 e. The number of nitro groups is 1. The summed E-state index contributed by atoms with van der Waals surface area (Å²) in [5.41, 5.74) is 0.317. The average Bonchev–Trinajstić information content (AvgIpc) is 3.03. The Hall–Kier alpha value is -3.33. The van der Waals surface area contributed by atoms with Gasteiger partial charge in [-0.1, -0.05) is 12.1 Å². The zero-order valence-corrected chi connectivity index (χ0v) is 13.7. The Balaban J connectivity index is 1.89. The van der Waals surface area contributed by atoms with E-state index in [0.29, 0.717) is 22.1 Å². The first-order chi connectivity index (χ1) is 11.9. The van der Waals surface area contributed by atoms with Crippen LogP contribution in [0.5, 0.6) is 5.75 Å². The van der Waals surface area contributed by atoms with Gasteiger partial charge in [-0.3, -0.25) is 10.1 Å². The highest BCUT2D eigenvalue weighted by Crippen LogP contribution is 2.28. The second-order valence-corrected chi connectivity index (χ2v) is 5.86. The molecule has 3 rings (SSSR count). The first-order valence-corrected chi connectivity index (χ1v) is 7.90. The number of hydrogen-bond acceptors (Lipinski definition) is 8. The average molecular weight is 357 g/mol. The summed E-state index contributed by atoms with van der Waals surface area (Å²) in [5.74, 6) is 0.0646. The van der Waals surface area contributed by atoms with Crippen molar-refractivity contribution in [2.45, 2.75) is 6.92 Å². The smallest absolute Gasteiger partial charge is 0.348 e. The molecular weight excluding hydrogens is 346 g/mol. The van der Waals surface area contributed by atoms with Crippen LogP contribution >= 0.6 is 11.3 Å². The van der Waals surface area contributed by atoms with Crippen LogP contribution in [0.15, 0.2) is 49.9 Å². The zero-order chi connectivity index (χ0) is 18.0. The zero-order valence-electron chi connectivity index (χ0n) is 12.9. The second-order valence-electron chi connectivity index (χ2n) is 5.02. The van der Waals surface area contributed by atoms with Gasteiger partial charge in [-0.15, -0.1) is 11.3 Å². The van der Waals surface area contributed by atoms with Gasteiger partial charge in [0, 0.05) is 35.4 Å². The summed E-state index contributed by atoms with van der Waals surface area (Å²) >= 11 is 1.20. The van der Waals surface area contributed by atoms with Crippen LogP contribution in [0.4, 0.5) is 10.8 Å². The van der Waals surface area contributed by atoms with Crippen LogP contribution in [-0.4, -0.2) is 21.2 Å². The first-order valence-electron chi connectivity index (χ1n) is 7.02. The van der Waals surface area contributed by atoms with Gasteiger partial charge in [0.05, 0.1) is 10.6 Å². The maximum absolute atomic E-state index is 11.7. The van der Waals surface area contributed by atoms with Crippen molar-refractivity contribution in [3.8, 4) is 17.0 Å². The lowest BCUT2D eigenvalue weighted by Gasteiger charge is -1.97. The molecule has 0 fully saturated rings. The maximum atomic E-state index is 11.7. The summed E-state index contributed by atoms with van der Waals surface area (Å²) in [5, 5.41) is 22.7. The Bertz CT molecular complexity index is 1040. The molecule has 0 atom stereocenters. The third kappa shape index (κ3) is 3.61. The molecule has 1 aromatic carbocycles. The number of aromatic nitrogens is 1. The lowest BCUT2D eigenvalue weighted by atomic mass is 10.1. The number of aromatic hydroxyl groups is 1. The normalized spacial score (nSPS) is 11.1. The van der Waals surface area contributed by atoms with E-state index in [1.165, 1.54) is 35.8 Å². The van der Waals surface area contributed by atoms with Gasteiger partial charge in [0.25, 0.3) is 5.69 Å². The van der Waals surface area contributed by atoms with Gasteiger partial charge in [-0.2, -0.15) is 0 Å². The van der Waals surface area contributed by atoms with Crippen molar-refractivity contribution >= 4 is 28.4 Å². The van der Waals surface area contributed by atoms with Crippen LogP contribution in [0.2, 0.25) is 0 Å². The van der Waals surface area contributed by atoms with Gasteiger partial charge in [0.15, 0.2) is 0 Å². The first kappa shape index (κ1) is 16.5. The molecule has 0 radical (unpaired) electrons. The van der Waals surface area contributed by atoms with Gasteiger partial charge in [0.1, 0.15) is 17.1 Å². The van der Waals surface area contributed by atoms with E-state index in [1.54, 1.807) is 24.4 Å². The number of rotatable bonds is 4. The Morgan fingerprint density at radius 1 is 1.40 bits per heavy atom. The van der Waals surface area contributed by atoms with E-state index in [0.717, 1.165) is 0 Å². The van der Waals surface area contributed by atoms with Crippen LogP contribution < -0.4 is 5.63 Å². The van der Waals surface area contributed by atoms with Gasteiger partial charge >= 0.3 is 5.63 Å². The summed E-state index contributed by atoms with van der Waals surface area (Å²) in [4.78, 5) is 30.4. The number of nitro benzene ring substituents is 1. The fraction of sp³-hybridized carbons (Fsp3) is 0.0625. The number of aliphatic imine (C=N–C) groups is 1. The van der Waals surface area contributed by atoms with Crippen molar-refractivity contribution in [2.75, 3.05) is 0 Å². The minimum absolute atomic E-state index is 0.0299. The fourth-order valence-corrected chi connectivity index (χ4v) is 2.75. The van der Waals surface area contributed by atoms with E-state index in [1.807, 2.05) is 0 Å². The number of aryl methyl sites for hydroxylation is 1. The van der Waals surface area contributed by atoms with Gasteiger partial charge in [-0.05, 0) is 6.92 Å². The molecule has 2 aromatic heterocycles. The van der Waals surface area contributed by atoms with Crippen molar-refractivity contribution in [3.05, 3.63) is 67.6 Å². The topological polar surface area (TPSA) is 119 Å². The SMILES string of the molecule is Cc1cc(O)c(C=Nc2nc(-c3cccc([N+](=O)[O-])c3)cs2)c(=O)o1. The van der Waals surface area contributed by atoms with E-state index in [-0.39, 0.29) is 17.0 Å². The van der Waals surface area contributed by atoms with E-state index < -0.39 is 10.5 Å². The van der Waals surface area contributed by atoms with E-state index in [2.05, 4.69) is 9.98 Å². The molecule has 126 valence electrons. The number of thiazole rings is 1. The molecule has 0 saturated carbocycles. The Morgan fingerprint density at radius 2 is 2.20 bits per heavy atom. The molecule has 3 aromatic rings.